The number of unbranched alkanes of at least 4 members (excludes halogenated alkanes) is 6. The van der Waals surface area contributed by atoms with Crippen LogP contribution in [0.1, 0.15) is 128 Å². The molecule has 4 heterocycles. The van der Waals surface area contributed by atoms with Crippen molar-refractivity contribution in [3.8, 4) is 0 Å². The zero-order chi connectivity index (χ0) is 66.9. The minimum absolute atomic E-state index is 0.0426. The highest BCUT2D eigenvalue weighted by atomic mass is 31.2. The zero-order valence-electron chi connectivity index (χ0n) is 51.1. The molecule has 4 rings (SSSR count). The van der Waals surface area contributed by atoms with Crippen molar-refractivity contribution in [2.45, 2.75) is 165 Å². The van der Waals surface area contributed by atoms with Gasteiger partial charge >= 0.3 is 39.3 Å². The van der Waals surface area contributed by atoms with Crippen LogP contribution in [0, 0.1) is 5.92 Å². The first kappa shape index (κ1) is 77.3. The summed E-state index contributed by atoms with van der Waals surface area (Å²) in [6.45, 7) is 1.64. The number of phosphoric acid groups is 2. The van der Waals surface area contributed by atoms with Crippen molar-refractivity contribution in [3.63, 3.8) is 0 Å². The second-order valence-electron chi connectivity index (χ2n) is 21.1. The van der Waals surface area contributed by atoms with E-state index in [0.29, 0.717) is 58.3 Å². The molecule has 1 aromatic rings. The number of nitrogens with zero attached hydrogens (tertiary/aromatic N) is 2. The van der Waals surface area contributed by atoms with Gasteiger partial charge in [0.25, 0.3) is 5.56 Å². The molecule has 0 radical (unpaired) electrons. The minimum Gasteiger partial charge on any atom is -0.466 e. The largest absolute Gasteiger partial charge is 0.502 e. The second-order valence-corrected chi connectivity index (χ2v) is 24.3. The van der Waals surface area contributed by atoms with Crippen molar-refractivity contribution in [1.82, 2.24) is 46.4 Å². The average Bonchev–Trinajstić information content (AvgIpc) is 1.74. The van der Waals surface area contributed by atoms with E-state index in [-0.39, 0.29) is 94.9 Å². The summed E-state index contributed by atoms with van der Waals surface area (Å²) in [5.74, 6) is -4.33. The molecule has 11 atom stereocenters. The minimum atomic E-state index is -4.45. The lowest BCUT2D eigenvalue weighted by atomic mass is 10.0. The van der Waals surface area contributed by atoms with Gasteiger partial charge in [0, 0.05) is 104 Å². The number of ether oxygens (including phenoxy) is 4. The summed E-state index contributed by atoms with van der Waals surface area (Å²) in [4.78, 5) is 138. The number of hydrogen-bond donors (Lipinski definition) is 12. The van der Waals surface area contributed by atoms with Crippen LogP contribution in [-0.4, -0.2) is 204 Å². The first-order chi connectivity index (χ1) is 43.4. The SMILES string of the molecule is CCC(=O)NC(CCOC(=O)CCC(=O)NCCCCCCNC(=O)/C=C/c1cn(C2CC(OP(=O)(O)OC)C(CO)O2)c(=O)[nH]c1=O)CCOC(=O)CCC(O)NCCCCCCNC(=O)/C=C/C1CN(C2CC(OP(=O)(OC)OO)C(CO)O2)C(=O)NC1=O. The summed E-state index contributed by atoms with van der Waals surface area (Å²) in [5.41, 5.74) is -1.71. The Morgan fingerprint density at radius 3 is 1.90 bits per heavy atom. The molecular formula is C54H87N9O26P2. The molecule has 0 aliphatic carbocycles. The molecule has 12 N–H and O–H groups in total. The fourth-order valence-electron chi connectivity index (χ4n) is 9.33. The fraction of sp³-hybridized carbons (Fsp3) is 0.704. The Labute approximate surface area is 524 Å². The summed E-state index contributed by atoms with van der Waals surface area (Å²) in [6, 6.07) is -1.28. The lowest BCUT2D eigenvalue weighted by molar-refractivity contribution is -0.170. The number of carbonyl (C=O) groups is 8. The van der Waals surface area contributed by atoms with E-state index in [0.717, 1.165) is 55.2 Å². The lowest BCUT2D eigenvalue weighted by Gasteiger charge is -2.34. The maximum absolute atomic E-state index is 12.6. The Morgan fingerprint density at radius 2 is 1.31 bits per heavy atom. The van der Waals surface area contributed by atoms with E-state index in [4.69, 9.17) is 33.3 Å². The molecule has 514 valence electrons. The third-order valence-electron chi connectivity index (χ3n) is 14.4. The third kappa shape index (κ3) is 28.3. The van der Waals surface area contributed by atoms with Crippen molar-refractivity contribution in [1.29, 1.82) is 0 Å². The van der Waals surface area contributed by atoms with Crippen LogP contribution < -0.4 is 43.1 Å². The van der Waals surface area contributed by atoms with Crippen LogP contribution in [0.25, 0.3) is 6.08 Å². The van der Waals surface area contributed by atoms with Crippen LogP contribution in [0.5, 0.6) is 0 Å². The normalized spacial score (nSPS) is 22.0. The number of urea groups is 1. The van der Waals surface area contributed by atoms with Crippen molar-refractivity contribution in [2.75, 3.05) is 73.4 Å². The molecule has 37 heteroatoms. The van der Waals surface area contributed by atoms with E-state index >= 15 is 0 Å². The van der Waals surface area contributed by atoms with Crippen molar-refractivity contribution in [3.05, 3.63) is 50.8 Å². The first-order valence-electron chi connectivity index (χ1n) is 29.9. The molecule has 3 fully saturated rings. The lowest BCUT2D eigenvalue weighted by Crippen LogP contribution is -2.57. The topological polar surface area (TPSA) is 485 Å². The van der Waals surface area contributed by atoms with E-state index in [1.54, 1.807) is 6.92 Å². The summed E-state index contributed by atoms with van der Waals surface area (Å²) < 4.78 is 70.1. The van der Waals surface area contributed by atoms with Gasteiger partial charge in [-0.15, -0.1) is 4.67 Å². The number of aromatic amines is 1. The Kier molecular flexibility index (Phi) is 34.6. The number of aliphatic hydroxyl groups is 3. The van der Waals surface area contributed by atoms with Crippen LogP contribution in [0.15, 0.2) is 34.0 Å². The summed E-state index contributed by atoms with van der Waals surface area (Å²) in [5, 5.41) is 54.8. The number of carbonyl (C=O) groups excluding carboxylic acids is 8. The molecule has 3 aliphatic heterocycles. The molecule has 0 spiro atoms. The van der Waals surface area contributed by atoms with Crippen LogP contribution in [-0.2, 0) is 84.4 Å². The highest BCUT2D eigenvalue weighted by Gasteiger charge is 2.47. The second kappa shape index (κ2) is 40.8. The molecule has 0 bridgehead atoms. The van der Waals surface area contributed by atoms with Crippen LogP contribution in [0.2, 0.25) is 0 Å². The van der Waals surface area contributed by atoms with E-state index < -0.39 is 131 Å². The quantitative estimate of drug-likeness (QED) is 0.00785. The maximum Gasteiger partial charge on any atom is 0.502 e. The van der Waals surface area contributed by atoms with E-state index in [2.05, 4.69) is 50.6 Å². The summed E-state index contributed by atoms with van der Waals surface area (Å²) in [6.07, 6.45) is 4.13. The van der Waals surface area contributed by atoms with E-state index in [1.807, 2.05) is 0 Å². The number of H-pyrrole nitrogens is 1. The molecule has 11 unspecified atom stereocenters. The summed E-state index contributed by atoms with van der Waals surface area (Å²) in [7, 11) is -6.91. The van der Waals surface area contributed by atoms with Gasteiger partial charge in [0.05, 0.1) is 44.3 Å². The number of phosphoric ester groups is 2. The maximum atomic E-state index is 12.6. The third-order valence-corrected chi connectivity index (χ3v) is 16.6. The Bertz CT molecular complexity index is 2820. The van der Waals surface area contributed by atoms with Gasteiger partial charge in [-0.25, -0.2) is 24.0 Å². The first-order valence-corrected chi connectivity index (χ1v) is 32.9. The van der Waals surface area contributed by atoms with Crippen molar-refractivity contribution < 1.29 is 115 Å². The molecule has 3 saturated heterocycles. The average molecular weight is 1340 g/mol. The molecule has 3 aliphatic rings. The number of nitrogens with one attached hydrogen (secondary N) is 7. The predicted molar refractivity (Wildman–Crippen MR) is 316 cm³/mol. The van der Waals surface area contributed by atoms with Gasteiger partial charge < -0.3 is 60.4 Å². The van der Waals surface area contributed by atoms with Gasteiger partial charge in [-0.3, -0.25) is 81.5 Å². The Hall–Kier alpha value is -6.14. The monoisotopic (exact) mass is 1340 g/mol. The van der Waals surface area contributed by atoms with Crippen LogP contribution in [0.4, 0.5) is 4.79 Å². The van der Waals surface area contributed by atoms with E-state index in [9.17, 15) is 77.3 Å². The number of aromatic nitrogens is 2. The number of amides is 7. The number of rotatable bonds is 44. The summed E-state index contributed by atoms with van der Waals surface area (Å²) >= 11 is 0. The Morgan fingerprint density at radius 1 is 0.736 bits per heavy atom. The van der Waals surface area contributed by atoms with Gasteiger partial charge in [0.15, 0.2) is 0 Å². The standard InChI is InChI=1S/C54H87N9O26P2/c1-4-42(66)59-37(21-27-83-49(71)19-17-45(69)57-25-11-7-5-9-23-55-43(67)15-13-35-31-62(53(75)60-51(35)73)47-29-38(40(33-64)85-47)87-90(78,79)81-2)22-28-84-50(72)20-18-46(70)58-26-12-8-6-10-24-56-44(68)16-14-36-32-63(54(76)61-52(36)74)48-30-39(41(34-65)86-48)88-91(80,82-3)89-77/h13-16,31,36-41,46-48,58,64-65,70,77H,4-12,17-30,32-34H2,1-3H3,(H,55,67)(H,56,68)(H,57,69)(H,59,66)(H,78,79)(H,60,73,75)(H,61,74,76)/b15-13+,16-14+. The van der Waals surface area contributed by atoms with Crippen molar-refractivity contribution in [2.24, 2.45) is 5.92 Å². The fourth-order valence-corrected chi connectivity index (χ4v) is 10.7. The number of imide groups is 1. The Balaban J connectivity index is 0.986. The van der Waals surface area contributed by atoms with Gasteiger partial charge in [0.2, 0.25) is 29.5 Å². The highest BCUT2D eigenvalue weighted by Crippen LogP contribution is 2.51. The van der Waals surface area contributed by atoms with Gasteiger partial charge in [-0.2, -0.15) is 0 Å². The molecule has 91 heavy (non-hydrogen) atoms. The van der Waals surface area contributed by atoms with Crippen molar-refractivity contribution >= 4 is 69.2 Å². The predicted octanol–water partition coefficient (Wildman–Crippen LogP) is 0.122. The van der Waals surface area contributed by atoms with Crippen LogP contribution in [0.3, 0.4) is 0 Å². The number of aliphatic hydroxyl groups excluding tert-OH is 3. The smallest absolute Gasteiger partial charge is 0.466 e. The molecule has 1 aromatic heterocycles. The number of esters is 2. The zero-order valence-corrected chi connectivity index (χ0v) is 52.9. The number of hydrogen-bond acceptors (Lipinski definition) is 26. The molecule has 7 amide bonds. The molecular weight excluding hydrogens is 1250 g/mol. The van der Waals surface area contributed by atoms with Gasteiger partial charge in [-0.1, -0.05) is 38.7 Å². The molecule has 0 saturated carbocycles. The van der Waals surface area contributed by atoms with Gasteiger partial charge in [0.1, 0.15) is 43.1 Å². The molecule has 0 aromatic carbocycles. The van der Waals surface area contributed by atoms with Crippen LogP contribution >= 0.6 is 15.6 Å². The highest BCUT2D eigenvalue weighted by molar-refractivity contribution is 7.48. The van der Waals surface area contributed by atoms with Gasteiger partial charge in [-0.05, 0) is 50.8 Å². The van der Waals surface area contributed by atoms with E-state index in [1.165, 1.54) is 18.2 Å². The molecule has 35 nitrogen and oxygen atoms in total.